The lowest BCUT2D eigenvalue weighted by Gasteiger charge is -2.29. The number of benzene rings is 2. The van der Waals surface area contributed by atoms with Crippen LogP contribution in [0.3, 0.4) is 0 Å². The van der Waals surface area contributed by atoms with E-state index in [9.17, 15) is 4.79 Å². The Kier molecular flexibility index (Phi) is 5.50. The molecule has 8 heteroatoms. The molecule has 0 aliphatic carbocycles. The van der Waals surface area contributed by atoms with Gasteiger partial charge in [-0.25, -0.2) is 4.98 Å². The first-order valence-corrected chi connectivity index (χ1v) is 11.2. The van der Waals surface area contributed by atoms with Crippen molar-refractivity contribution in [3.63, 3.8) is 0 Å². The van der Waals surface area contributed by atoms with Crippen LogP contribution < -0.4 is 24.8 Å². The summed E-state index contributed by atoms with van der Waals surface area (Å²) in [6.07, 6.45) is 5.42. The van der Waals surface area contributed by atoms with Crippen molar-refractivity contribution in [1.82, 2.24) is 9.97 Å². The Morgan fingerprint density at radius 2 is 1.76 bits per heavy atom. The molecule has 170 valence electrons. The smallest absolute Gasteiger partial charge is 0.260 e. The summed E-state index contributed by atoms with van der Waals surface area (Å²) in [5, 5.41) is 3.30. The summed E-state index contributed by atoms with van der Waals surface area (Å²) in [5.41, 5.74) is 4.04. The van der Waals surface area contributed by atoms with Crippen molar-refractivity contribution in [2.75, 3.05) is 54.3 Å². The minimum absolute atomic E-state index is 0.0875. The summed E-state index contributed by atoms with van der Waals surface area (Å²) >= 11 is 0. The number of methoxy groups -OCH3 is 1. The van der Waals surface area contributed by atoms with Gasteiger partial charge in [-0.05, 0) is 43.5 Å². The fourth-order valence-corrected chi connectivity index (χ4v) is 4.51. The third-order valence-corrected chi connectivity index (χ3v) is 6.38. The van der Waals surface area contributed by atoms with Crippen LogP contribution in [-0.4, -0.2) is 50.2 Å². The lowest BCUT2D eigenvalue weighted by atomic mass is 10.1. The predicted octanol–water partition coefficient (Wildman–Crippen LogP) is 4.58. The number of nitrogens with one attached hydrogen (secondary N) is 1. The monoisotopic (exact) mass is 444 g/mol. The standard InChI is InChI=1S/C25H28N6O2/c1-29-20-10-6-5-9-18(20)24(32)30(2)21-16-26-25(28-23(21)29)27-19-12-11-17(15-22(19)33-3)31-13-7-4-8-14-31/h5-6,9-12,15-16H,4,7-8,13-14H2,1-3H3,(H,26,27,28). The van der Waals surface area contributed by atoms with E-state index >= 15 is 0 Å². The van der Waals surface area contributed by atoms with Gasteiger partial charge in [0.05, 0.1) is 30.2 Å². The van der Waals surface area contributed by atoms with Gasteiger partial charge >= 0.3 is 0 Å². The number of nitrogens with zero attached hydrogens (tertiary/aromatic N) is 5. The third-order valence-electron chi connectivity index (χ3n) is 6.38. The minimum Gasteiger partial charge on any atom is -0.494 e. The summed E-state index contributed by atoms with van der Waals surface area (Å²) < 4.78 is 5.67. The Morgan fingerprint density at radius 1 is 0.970 bits per heavy atom. The molecule has 5 rings (SSSR count). The van der Waals surface area contributed by atoms with Gasteiger partial charge in [0, 0.05) is 38.9 Å². The molecule has 1 saturated heterocycles. The van der Waals surface area contributed by atoms with Gasteiger partial charge in [0.2, 0.25) is 5.95 Å². The highest BCUT2D eigenvalue weighted by Gasteiger charge is 2.28. The van der Waals surface area contributed by atoms with Crippen molar-refractivity contribution >= 4 is 40.4 Å². The normalized spacial score (nSPS) is 15.6. The molecule has 8 nitrogen and oxygen atoms in total. The average Bonchev–Trinajstić information content (AvgIpc) is 2.94. The first-order chi connectivity index (χ1) is 16.1. The highest BCUT2D eigenvalue weighted by molar-refractivity contribution is 6.13. The van der Waals surface area contributed by atoms with Gasteiger partial charge in [-0.1, -0.05) is 12.1 Å². The Bertz CT molecular complexity index is 1190. The Hall–Kier alpha value is -3.81. The van der Waals surface area contributed by atoms with E-state index in [1.807, 2.05) is 42.3 Å². The first-order valence-electron chi connectivity index (χ1n) is 11.2. The summed E-state index contributed by atoms with van der Waals surface area (Å²) in [6.45, 7) is 2.15. The first kappa shape index (κ1) is 21.1. The van der Waals surface area contributed by atoms with E-state index in [2.05, 4.69) is 27.3 Å². The van der Waals surface area contributed by atoms with Crippen LogP contribution in [0.5, 0.6) is 5.75 Å². The van der Waals surface area contributed by atoms with E-state index in [0.717, 1.165) is 35.9 Å². The van der Waals surface area contributed by atoms with Crippen LogP contribution in [0.1, 0.15) is 29.6 Å². The summed E-state index contributed by atoms with van der Waals surface area (Å²) in [5.74, 6) is 1.74. The van der Waals surface area contributed by atoms with Gasteiger partial charge in [-0.3, -0.25) is 4.79 Å². The van der Waals surface area contributed by atoms with Crippen molar-refractivity contribution in [3.05, 3.63) is 54.2 Å². The molecule has 0 radical (unpaired) electrons. The number of para-hydroxylation sites is 1. The number of hydrogen-bond donors (Lipinski definition) is 1. The van der Waals surface area contributed by atoms with Gasteiger partial charge in [-0.2, -0.15) is 4.98 Å². The van der Waals surface area contributed by atoms with Crippen molar-refractivity contribution in [3.8, 4) is 5.75 Å². The molecule has 1 N–H and O–H groups in total. The number of rotatable bonds is 4. The molecule has 3 aromatic rings. The van der Waals surface area contributed by atoms with Crippen molar-refractivity contribution in [2.45, 2.75) is 19.3 Å². The van der Waals surface area contributed by atoms with Crippen molar-refractivity contribution in [1.29, 1.82) is 0 Å². The summed E-state index contributed by atoms with van der Waals surface area (Å²) in [4.78, 5) is 28.1. The maximum Gasteiger partial charge on any atom is 0.260 e. The molecule has 0 saturated carbocycles. The molecular weight excluding hydrogens is 416 g/mol. The maximum absolute atomic E-state index is 13.0. The molecule has 1 amide bonds. The molecule has 2 aliphatic heterocycles. The number of fused-ring (bicyclic) bond motifs is 2. The molecular formula is C25H28N6O2. The van der Waals surface area contributed by atoms with E-state index in [-0.39, 0.29) is 5.91 Å². The number of aromatic nitrogens is 2. The number of amides is 1. The van der Waals surface area contributed by atoms with Crippen LogP contribution in [-0.2, 0) is 0 Å². The molecule has 1 aromatic heterocycles. The topological polar surface area (TPSA) is 73.8 Å². The molecule has 1 fully saturated rings. The maximum atomic E-state index is 13.0. The van der Waals surface area contributed by atoms with Crippen molar-refractivity contribution in [2.24, 2.45) is 0 Å². The predicted molar refractivity (Wildman–Crippen MR) is 132 cm³/mol. The van der Waals surface area contributed by atoms with Crippen LogP contribution in [0.2, 0.25) is 0 Å². The minimum atomic E-state index is -0.0875. The van der Waals surface area contributed by atoms with Gasteiger partial charge < -0.3 is 24.8 Å². The van der Waals surface area contributed by atoms with E-state index in [4.69, 9.17) is 9.72 Å². The van der Waals surface area contributed by atoms with E-state index in [1.54, 1.807) is 25.3 Å². The Morgan fingerprint density at radius 3 is 2.55 bits per heavy atom. The average molecular weight is 445 g/mol. The molecule has 2 aromatic carbocycles. The van der Waals surface area contributed by atoms with Gasteiger partial charge in [-0.15, -0.1) is 0 Å². The van der Waals surface area contributed by atoms with Gasteiger partial charge in [0.1, 0.15) is 11.4 Å². The zero-order chi connectivity index (χ0) is 22.9. The van der Waals surface area contributed by atoms with Gasteiger partial charge in [0.15, 0.2) is 5.82 Å². The molecule has 0 bridgehead atoms. The van der Waals surface area contributed by atoms with Crippen LogP contribution in [0, 0.1) is 0 Å². The largest absolute Gasteiger partial charge is 0.494 e. The second-order valence-corrected chi connectivity index (χ2v) is 8.40. The number of piperidine rings is 1. The number of carbonyl (C=O) groups is 1. The SMILES string of the molecule is COc1cc(N2CCCCC2)ccc1Nc1ncc2c(n1)N(C)c1ccccc1C(=O)N2C. The van der Waals surface area contributed by atoms with E-state index < -0.39 is 0 Å². The van der Waals surface area contributed by atoms with Crippen molar-refractivity contribution < 1.29 is 9.53 Å². The molecule has 0 spiro atoms. The number of hydrogen-bond acceptors (Lipinski definition) is 7. The number of carbonyl (C=O) groups excluding carboxylic acids is 1. The molecule has 0 unspecified atom stereocenters. The van der Waals surface area contributed by atoms with Crippen LogP contribution in [0.25, 0.3) is 0 Å². The fourth-order valence-electron chi connectivity index (χ4n) is 4.51. The number of ether oxygens (including phenoxy) is 1. The Labute approximate surface area is 193 Å². The Balaban J connectivity index is 1.47. The zero-order valence-corrected chi connectivity index (χ0v) is 19.2. The third kappa shape index (κ3) is 3.82. The van der Waals surface area contributed by atoms with Crippen LogP contribution >= 0.6 is 0 Å². The molecule has 2 aliphatic rings. The van der Waals surface area contributed by atoms with Gasteiger partial charge in [0.25, 0.3) is 5.91 Å². The highest BCUT2D eigenvalue weighted by atomic mass is 16.5. The molecule has 0 atom stereocenters. The van der Waals surface area contributed by atoms with E-state index in [1.165, 1.54) is 19.3 Å². The zero-order valence-electron chi connectivity index (χ0n) is 19.2. The van der Waals surface area contributed by atoms with Crippen LogP contribution in [0.15, 0.2) is 48.7 Å². The fraction of sp³-hybridized carbons (Fsp3) is 0.320. The lowest BCUT2D eigenvalue weighted by Crippen LogP contribution is -2.29. The second-order valence-electron chi connectivity index (χ2n) is 8.40. The second kappa shape index (κ2) is 8.61. The highest BCUT2D eigenvalue weighted by Crippen LogP contribution is 2.39. The summed E-state index contributed by atoms with van der Waals surface area (Å²) in [6, 6.07) is 13.7. The summed E-state index contributed by atoms with van der Waals surface area (Å²) in [7, 11) is 5.33. The lowest BCUT2D eigenvalue weighted by molar-refractivity contribution is 0.0994. The quantitative estimate of drug-likeness (QED) is 0.631. The molecule has 33 heavy (non-hydrogen) atoms. The number of anilines is 6. The van der Waals surface area contributed by atoms with Crippen LogP contribution in [0.4, 0.5) is 34.5 Å². The van der Waals surface area contributed by atoms with E-state index in [0.29, 0.717) is 23.0 Å². The molecule has 3 heterocycles.